The first-order valence-electron chi connectivity index (χ1n) is 4.50. The van der Waals surface area contributed by atoms with Gasteiger partial charge in [-0.2, -0.15) is 0 Å². The third-order valence-corrected chi connectivity index (χ3v) is 1.41. The smallest absolute Gasteiger partial charge is 0.316 e. The maximum atomic E-state index is 5.42. The van der Waals surface area contributed by atoms with Crippen molar-refractivity contribution in [3.8, 4) is 6.01 Å². The number of nitrogens with zero attached hydrogens (tertiary/aromatic N) is 2. The summed E-state index contributed by atoms with van der Waals surface area (Å²) in [7, 11) is 0. The third-order valence-electron chi connectivity index (χ3n) is 1.41. The monoisotopic (exact) mass is 197 g/mol. The Balaban J connectivity index is 2.21. The van der Waals surface area contributed by atoms with Crippen molar-refractivity contribution >= 4 is 5.69 Å². The van der Waals surface area contributed by atoms with Crippen LogP contribution in [0.4, 0.5) is 5.69 Å². The van der Waals surface area contributed by atoms with Gasteiger partial charge in [0.1, 0.15) is 6.61 Å². The van der Waals surface area contributed by atoms with Crippen LogP contribution in [0.15, 0.2) is 12.4 Å². The van der Waals surface area contributed by atoms with Crippen molar-refractivity contribution in [2.24, 2.45) is 0 Å². The summed E-state index contributed by atoms with van der Waals surface area (Å²) in [6.45, 7) is 4.92. The van der Waals surface area contributed by atoms with E-state index in [1.807, 2.05) is 13.8 Å². The summed E-state index contributed by atoms with van der Waals surface area (Å²) < 4.78 is 10.5. The number of anilines is 1. The standard InChI is InChI=1S/C9H15N3O2/c1-7(2)13-3-4-14-9-11-5-8(10)6-12-9/h5-7H,3-4,10H2,1-2H3. The van der Waals surface area contributed by atoms with Crippen LogP contribution in [0.2, 0.25) is 0 Å². The van der Waals surface area contributed by atoms with Gasteiger partial charge in [-0.25, -0.2) is 9.97 Å². The van der Waals surface area contributed by atoms with Crippen LogP contribution in [0.1, 0.15) is 13.8 Å². The number of aromatic nitrogens is 2. The summed E-state index contributed by atoms with van der Waals surface area (Å²) in [5, 5.41) is 0. The molecule has 5 heteroatoms. The molecule has 0 aromatic carbocycles. The van der Waals surface area contributed by atoms with Crippen molar-refractivity contribution in [3.05, 3.63) is 12.4 Å². The van der Waals surface area contributed by atoms with E-state index in [-0.39, 0.29) is 6.10 Å². The number of rotatable bonds is 5. The normalized spacial score (nSPS) is 10.5. The molecule has 14 heavy (non-hydrogen) atoms. The Labute approximate surface area is 83.3 Å². The van der Waals surface area contributed by atoms with Gasteiger partial charge in [0.2, 0.25) is 0 Å². The Kier molecular flexibility index (Phi) is 4.12. The molecule has 0 saturated heterocycles. The molecule has 1 aromatic rings. The van der Waals surface area contributed by atoms with Gasteiger partial charge in [-0.3, -0.25) is 0 Å². The van der Waals surface area contributed by atoms with Gasteiger partial charge in [0, 0.05) is 0 Å². The lowest BCUT2D eigenvalue weighted by Gasteiger charge is -2.07. The molecule has 0 aliphatic heterocycles. The van der Waals surface area contributed by atoms with Crippen LogP contribution in [0.5, 0.6) is 6.01 Å². The van der Waals surface area contributed by atoms with E-state index in [1.165, 1.54) is 12.4 Å². The van der Waals surface area contributed by atoms with Gasteiger partial charge in [0.25, 0.3) is 0 Å². The molecule has 78 valence electrons. The minimum absolute atomic E-state index is 0.214. The van der Waals surface area contributed by atoms with Crippen molar-refractivity contribution in [3.63, 3.8) is 0 Å². The molecule has 0 spiro atoms. The number of nitrogen functional groups attached to an aromatic ring is 1. The molecular formula is C9H15N3O2. The van der Waals surface area contributed by atoms with E-state index in [9.17, 15) is 0 Å². The molecule has 0 aliphatic carbocycles. The Morgan fingerprint density at radius 1 is 1.29 bits per heavy atom. The second-order valence-electron chi connectivity index (χ2n) is 3.07. The molecule has 5 nitrogen and oxygen atoms in total. The van der Waals surface area contributed by atoms with Crippen LogP contribution in [-0.4, -0.2) is 29.3 Å². The van der Waals surface area contributed by atoms with Gasteiger partial charge in [0.05, 0.1) is 30.8 Å². The molecule has 1 rings (SSSR count). The number of ether oxygens (including phenoxy) is 2. The van der Waals surface area contributed by atoms with E-state index in [2.05, 4.69) is 9.97 Å². The van der Waals surface area contributed by atoms with Crippen molar-refractivity contribution < 1.29 is 9.47 Å². The predicted octanol–water partition coefficient (Wildman–Crippen LogP) is 0.863. The van der Waals surface area contributed by atoms with E-state index < -0.39 is 0 Å². The van der Waals surface area contributed by atoms with Gasteiger partial charge in [0.15, 0.2) is 0 Å². The Bertz CT molecular complexity index is 261. The highest BCUT2D eigenvalue weighted by molar-refractivity contribution is 5.30. The molecule has 0 saturated carbocycles. The summed E-state index contributed by atoms with van der Waals surface area (Å²) in [5.74, 6) is 0. The lowest BCUT2D eigenvalue weighted by atomic mass is 10.5. The number of hydrogen-bond donors (Lipinski definition) is 1. The molecule has 0 bridgehead atoms. The maximum absolute atomic E-state index is 5.42. The van der Waals surface area contributed by atoms with Crippen molar-refractivity contribution in [2.45, 2.75) is 20.0 Å². The van der Waals surface area contributed by atoms with E-state index >= 15 is 0 Å². The predicted molar refractivity (Wildman–Crippen MR) is 53.0 cm³/mol. The van der Waals surface area contributed by atoms with E-state index in [1.54, 1.807) is 0 Å². The van der Waals surface area contributed by atoms with Gasteiger partial charge in [-0.15, -0.1) is 0 Å². The molecule has 0 unspecified atom stereocenters. The lowest BCUT2D eigenvalue weighted by molar-refractivity contribution is 0.0531. The molecular weight excluding hydrogens is 182 g/mol. The third kappa shape index (κ3) is 4.04. The van der Waals surface area contributed by atoms with E-state index in [0.717, 1.165) is 0 Å². The van der Waals surface area contributed by atoms with E-state index in [0.29, 0.717) is 24.9 Å². The topological polar surface area (TPSA) is 70.3 Å². The zero-order valence-corrected chi connectivity index (χ0v) is 8.43. The largest absolute Gasteiger partial charge is 0.461 e. The SMILES string of the molecule is CC(C)OCCOc1ncc(N)cn1. The molecule has 0 radical (unpaired) electrons. The molecule has 1 heterocycles. The Morgan fingerprint density at radius 3 is 2.50 bits per heavy atom. The summed E-state index contributed by atoms with van der Waals surface area (Å²) in [6.07, 6.45) is 3.23. The van der Waals surface area contributed by atoms with Crippen LogP contribution in [-0.2, 0) is 4.74 Å². The average Bonchev–Trinajstić information content (AvgIpc) is 2.15. The quantitative estimate of drug-likeness (QED) is 0.709. The minimum atomic E-state index is 0.214. The van der Waals surface area contributed by atoms with Gasteiger partial charge < -0.3 is 15.2 Å². The molecule has 0 aliphatic rings. The molecule has 2 N–H and O–H groups in total. The molecule has 0 fully saturated rings. The van der Waals surface area contributed by atoms with Crippen LogP contribution in [0.3, 0.4) is 0 Å². The average molecular weight is 197 g/mol. The Morgan fingerprint density at radius 2 is 1.93 bits per heavy atom. The maximum Gasteiger partial charge on any atom is 0.316 e. The van der Waals surface area contributed by atoms with Crippen LogP contribution >= 0.6 is 0 Å². The first-order chi connectivity index (χ1) is 6.68. The summed E-state index contributed by atoms with van der Waals surface area (Å²) in [4.78, 5) is 7.76. The second kappa shape index (κ2) is 5.39. The second-order valence-corrected chi connectivity index (χ2v) is 3.07. The molecule has 0 atom stereocenters. The fraction of sp³-hybridized carbons (Fsp3) is 0.556. The van der Waals surface area contributed by atoms with Crippen LogP contribution in [0, 0.1) is 0 Å². The fourth-order valence-electron chi connectivity index (χ4n) is 0.817. The van der Waals surface area contributed by atoms with Crippen LogP contribution in [0.25, 0.3) is 0 Å². The zero-order chi connectivity index (χ0) is 10.4. The first kappa shape index (κ1) is 10.7. The fourth-order valence-corrected chi connectivity index (χ4v) is 0.817. The zero-order valence-electron chi connectivity index (χ0n) is 8.43. The Hall–Kier alpha value is -1.36. The summed E-state index contributed by atoms with van der Waals surface area (Å²) >= 11 is 0. The van der Waals surface area contributed by atoms with Gasteiger partial charge in [-0.1, -0.05) is 0 Å². The molecule has 0 amide bonds. The number of nitrogens with two attached hydrogens (primary N) is 1. The van der Waals surface area contributed by atoms with Gasteiger partial charge >= 0.3 is 6.01 Å². The summed E-state index contributed by atoms with van der Waals surface area (Å²) in [6, 6.07) is 0.326. The number of hydrogen-bond acceptors (Lipinski definition) is 5. The highest BCUT2D eigenvalue weighted by atomic mass is 16.5. The van der Waals surface area contributed by atoms with E-state index in [4.69, 9.17) is 15.2 Å². The molecule has 1 aromatic heterocycles. The van der Waals surface area contributed by atoms with Crippen molar-refractivity contribution in [1.29, 1.82) is 0 Å². The minimum Gasteiger partial charge on any atom is -0.461 e. The lowest BCUT2D eigenvalue weighted by Crippen LogP contribution is -2.12. The first-order valence-corrected chi connectivity index (χ1v) is 4.50. The highest BCUT2D eigenvalue weighted by Crippen LogP contribution is 2.02. The van der Waals surface area contributed by atoms with Gasteiger partial charge in [-0.05, 0) is 13.8 Å². The van der Waals surface area contributed by atoms with Crippen molar-refractivity contribution in [1.82, 2.24) is 9.97 Å². The van der Waals surface area contributed by atoms with Crippen LogP contribution < -0.4 is 10.5 Å². The summed E-state index contributed by atoms with van der Waals surface area (Å²) in [5.41, 5.74) is 5.94. The van der Waals surface area contributed by atoms with Crippen molar-refractivity contribution in [2.75, 3.05) is 18.9 Å². The highest BCUT2D eigenvalue weighted by Gasteiger charge is 1.97.